The maximum absolute atomic E-state index is 12.8. The minimum Gasteiger partial charge on any atom is -0.444 e. The summed E-state index contributed by atoms with van der Waals surface area (Å²) in [5.74, 6) is 0. The fraction of sp³-hybridized carbons (Fsp3) is 0.667. The van der Waals surface area contributed by atoms with Crippen LogP contribution >= 0.6 is 11.9 Å². The first kappa shape index (κ1) is 20.3. The fourth-order valence-electron chi connectivity index (χ4n) is 3.32. The zero-order valence-corrected chi connectivity index (χ0v) is 16.7. The first-order valence-electron chi connectivity index (χ1n) is 8.88. The maximum atomic E-state index is 12.8. The van der Waals surface area contributed by atoms with Crippen LogP contribution in [0, 0.1) is 5.41 Å². The third kappa shape index (κ3) is 4.51. The summed E-state index contributed by atoms with van der Waals surface area (Å²) < 4.78 is 45.9. The summed E-state index contributed by atoms with van der Waals surface area (Å²) in [5, 5.41) is 0. The molecule has 0 radical (unpaired) electrons. The van der Waals surface area contributed by atoms with E-state index in [4.69, 9.17) is 4.74 Å². The molecule has 0 aromatic carbocycles. The molecule has 150 valence electrons. The number of nitrogens with zero attached hydrogens (tertiary/aromatic N) is 3. The molecule has 1 spiro atoms. The highest BCUT2D eigenvalue weighted by Gasteiger charge is 2.54. The van der Waals surface area contributed by atoms with Crippen molar-refractivity contribution in [1.29, 1.82) is 0 Å². The summed E-state index contributed by atoms with van der Waals surface area (Å²) in [5.41, 5.74) is -0.633. The van der Waals surface area contributed by atoms with Crippen molar-refractivity contribution in [2.75, 3.05) is 26.2 Å². The Hall–Kier alpha value is -1.48. The first-order valence-corrected chi connectivity index (χ1v) is 9.65. The van der Waals surface area contributed by atoms with Crippen molar-refractivity contribution >= 4 is 18.0 Å². The van der Waals surface area contributed by atoms with E-state index in [2.05, 4.69) is 9.29 Å². The minimum absolute atomic E-state index is 0.0790. The first-order chi connectivity index (χ1) is 12.4. The number of alkyl halides is 3. The second-order valence-corrected chi connectivity index (χ2v) is 9.39. The summed E-state index contributed by atoms with van der Waals surface area (Å²) in [7, 11) is 0. The Labute approximate surface area is 161 Å². The van der Waals surface area contributed by atoms with Crippen LogP contribution in [0.3, 0.4) is 0 Å². The van der Waals surface area contributed by atoms with Crippen LogP contribution in [0.5, 0.6) is 0 Å². The average molecular weight is 403 g/mol. The van der Waals surface area contributed by atoms with E-state index in [1.165, 1.54) is 18.1 Å². The lowest BCUT2D eigenvalue weighted by atomic mass is 9.75. The molecule has 0 aliphatic carbocycles. The van der Waals surface area contributed by atoms with Gasteiger partial charge in [0.1, 0.15) is 11.3 Å². The smallest absolute Gasteiger partial charge is 0.433 e. The molecule has 0 saturated carbocycles. The van der Waals surface area contributed by atoms with Crippen LogP contribution in [0.15, 0.2) is 17.2 Å². The standard InChI is InChI=1S/C18H24F3N3O2S/c1-5-12-6-14(18(19,20)21)22-7-13(12)27-24-10-17(11-24)8-23(9-17)15(25)26-16(2,3)4/h6-7H,5,8-11H2,1-4H3. The number of amides is 1. The number of aromatic nitrogens is 1. The minimum atomic E-state index is -4.43. The van der Waals surface area contributed by atoms with Crippen molar-refractivity contribution in [3.8, 4) is 0 Å². The lowest BCUT2D eigenvalue weighted by Crippen LogP contribution is -2.71. The van der Waals surface area contributed by atoms with Crippen molar-refractivity contribution in [2.45, 2.75) is 50.8 Å². The second kappa shape index (κ2) is 6.84. The molecule has 2 aliphatic rings. The molecular weight excluding hydrogens is 379 g/mol. The van der Waals surface area contributed by atoms with Gasteiger partial charge >= 0.3 is 12.3 Å². The largest absolute Gasteiger partial charge is 0.444 e. The molecule has 2 saturated heterocycles. The molecule has 1 aromatic rings. The number of hydrogen-bond donors (Lipinski definition) is 0. The highest BCUT2D eigenvalue weighted by Crippen LogP contribution is 2.45. The molecule has 2 fully saturated rings. The van der Waals surface area contributed by atoms with Gasteiger partial charge in [0, 0.05) is 42.7 Å². The number of hydrogen-bond acceptors (Lipinski definition) is 5. The van der Waals surface area contributed by atoms with Gasteiger partial charge in [0.2, 0.25) is 0 Å². The van der Waals surface area contributed by atoms with Gasteiger partial charge in [-0.3, -0.25) is 4.98 Å². The van der Waals surface area contributed by atoms with Gasteiger partial charge in [-0.1, -0.05) is 6.92 Å². The topological polar surface area (TPSA) is 45.7 Å². The molecular formula is C18H24F3N3O2S. The van der Waals surface area contributed by atoms with Crippen molar-refractivity contribution in [2.24, 2.45) is 5.41 Å². The van der Waals surface area contributed by atoms with Crippen LogP contribution in [0.25, 0.3) is 0 Å². The number of pyridine rings is 1. The molecule has 27 heavy (non-hydrogen) atoms. The second-order valence-electron chi connectivity index (χ2n) is 8.25. The SMILES string of the molecule is CCc1cc(C(F)(F)F)ncc1SN1CC2(C1)CN(C(=O)OC(C)(C)C)C2. The lowest BCUT2D eigenvalue weighted by molar-refractivity contribution is -0.141. The molecule has 0 atom stereocenters. The van der Waals surface area contributed by atoms with E-state index in [1.54, 1.807) is 4.90 Å². The molecule has 9 heteroatoms. The van der Waals surface area contributed by atoms with Crippen LogP contribution in [-0.4, -0.2) is 52.1 Å². The molecule has 0 unspecified atom stereocenters. The molecule has 0 bridgehead atoms. The van der Waals surface area contributed by atoms with E-state index in [-0.39, 0.29) is 11.5 Å². The molecule has 3 heterocycles. The number of ether oxygens (including phenoxy) is 1. The van der Waals surface area contributed by atoms with E-state index in [0.717, 1.165) is 24.1 Å². The van der Waals surface area contributed by atoms with Gasteiger partial charge in [-0.2, -0.15) is 13.2 Å². The summed E-state index contributed by atoms with van der Waals surface area (Å²) in [4.78, 5) is 18.0. The van der Waals surface area contributed by atoms with E-state index < -0.39 is 17.5 Å². The van der Waals surface area contributed by atoms with Gasteiger partial charge < -0.3 is 9.64 Å². The highest BCUT2D eigenvalue weighted by molar-refractivity contribution is 7.97. The van der Waals surface area contributed by atoms with Gasteiger partial charge in [0.15, 0.2) is 0 Å². The number of rotatable bonds is 3. The molecule has 3 rings (SSSR count). The summed E-state index contributed by atoms with van der Waals surface area (Å²) >= 11 is 1.44. The van der Waals surface area contributed by atoms with Gasteiger partial charge in [-0.15, -0.1) is 0 Å². The Bertz CT molecular complexity index is 720. The monoisotopic (exact) mass is 403 g/mol. The average Bonchev–Trinajstić information content (AvgIpc) is 2.45. The summed E-state index contributed by atoms with van der Waals surface area (Å²) in [6.45, 7) is 10.3. The fourth-order valence-corrected chi connectivity index (χ4v) is 4.70. The van der Waals surface area contributed by atoms with E-state index in [0.29, 0.717) is 25.1 Å². The van der Waals surface area contributed by atoms with Gasteiger partial charge in [0.25, 0.3) is 0 Å². The predicted molar refractivity (Wildman–Crippen MR) is 96.3 cm³/mol. The van der Waals surface area contributed by atoms with Gasteiger partial charge in [0.05, 0.1) is 0 Å². The summed E-state index contributed by atoms with van der Waals surface area (Å²) in [6, 6.07) is 1.13. The summed E-state index contributed by atoms with van der Waals surface area (Å²) in [6.07, 6.45) is -2.89. The van der Waals surface area contributed by atoms with E-state index >= 15 is 0 Å². The van der Waals surface area contributed by atoms with E-state index in [9.17, 15) is 18.0 Å². The van der Waals surface area contributed by atoms with Gasteiger partial charge in [-0.25, -0.2) is 9.10 Å². The van der Waals surface area contributed by atoms with Crippen molar-refractivity contribution < 1.29 is 22.7 Å². The Morgan fingerprint density at radius 1 is 1.26 bits per heavy atom. The molecule has 1 aromatic heterocycles. The highest BCUT2D eigenvalue weighted by atomic mass is 32.2. The van der Waals surface area contributed by atoms with Crippen molar-refractivity contribution in [1.82, 2.24) is 14.2 Å². The Morgan fingerprint density at radius 3 is 2.41 bits per heavy atom. The quantitative estimate of drug-likeness (QED) is 0.707. The molecule has 5 nitrogen and oxygen atoms in total. The Morgan fingerprint density at radius 2 is 1.89 bits per heavy atom. The van der Waals surface area contributed by atoms with Crippen molar-refractivity contribution in [3.63, 3.8) is 0 Å². The number of halogens is 3. The van der Waals surface area contributed by atoms with Crippen LogP contribution in [0.1, 0.15) is 39.0 Å². The van der Waals surface area contributed by atoms with Crippen LogP contribution in [0.2, 0.25) is 0 Å². The number of carbonyl (C=O) groups excluding carboxylic acids is 1. The zero-order chi connectivity index (χ0) is 20.0. The van der Waals surface area contributed by atoms with Crippen molar-refractivity contribution in [3.05, 3.63) is 23.5 Å². The number of carbonyl (C=O) groups is 1. The lowest BCUT2D eigenvalue weighted by Gasteiger charge is -2.59. The van der Waals surface area contributed by atoms with Crippen LogP contribution in [-0.2, 0) is 17.3 Å². The number of likely N-dealkylation sites (tertiary alicyclic amines) is 1. The molecule has 1 amide bonds. The number of aryl methyl sites for hydroxylation is 1. The zero-order valence-electron chi connectivity index (χ0n) is 15.9. The molecule has 2 aliphatic heterocycles. The van der Waals surface area contributed by atoms with Crippen LogP contribution in [0.4, 0.5) is 18.0 Å². The predicted octanol–water partition coefficient (Wildman–Crippen LogP) is 4.22. The molecule has 0 N–H and O–H groups in total. The third-order valence-corrected chi connectivity index (χ3v) is 5.66. The normalized spacial score (nSPS) is 19.6. The third-order valence-electron chi connectivity index (χ3n) is 4.57. The maximum Gasteiger partial charge on any atom is 0.433 e. The van der Waals surface area contributed by atoms with Gasteiger partial charge in [-0.05, 0) is 50.8 Å². The Balaban J connectivity index is 1.53. The van der Waals surface area contributed by atoms with Crippen LogP contribution < -0.4 is 0 Å². The van der Waals surface area contributed by atoms with E-state index in [1.807, 2.05) is 27.7 Å². The Kier molecular flexibility index (Phi) is 5.14.